The molecule has 1 aliphatic heterocycles. The number of carbonyl (C=O) groups is 1. The molecule has 76 valence electrons. The van der Waals surface area contributed by atoms with Gasteiger partial charge in [0.1, 0.15) is 0 Å². The van der Waals surface area contributed by atoms with Gasteiger partial charge >= 0.3 is 10.7 Å². The summed E-state index contributed by atoms with van der Waals surface area (Å²) in [7, 11) is 0. The Kier molecular flexibility index (Phi) is 3.64. The fraction of sp³-hybridized carbons (Fsp3) is 0.875. The van der Waals surface area contributed by atoms with Crippen molar-refractivity contribution in [3.8, 4) is 0 Å². The van der Waals surface area contributed by atoms with Crippen LogP contribution in [-0.4, -0.2) is 28.7 Å². The van der Waals surface area contributed by atoms with Gasteiger partial charge in [-0.3, -0.25) is 4.79 Å². The summed E-state index contributed by atoms with van der Waals surface area (Å²) in [5.41, 5.74) is 0. The second-order valence-corrected chi connectivity index (χ2v) is 4.20. The Morgan fingerprint density at radius 2 is 1.62 bits per heavy atom. The van der Waals surface area contributed by atoms with Crippen LogP contribution in [0.25, 0.3) is 0 Å². The summed E-state index contributed by atoms with van der Waals surface area (Å²) >= 11 is 2.08. The van der Waals surface area contributed by atoms with Gasteiger partial charge in [-0.2, -0.15) is 8.78 Å². The van der Waals surface area contributed by atoms with Gasteiger partial charge in [-0.15, -0.1) is 0 Å². The lowest BCUT2D eigenvalue weighted by Crippen LogP contribution is -2.40. The molecule has 0 N–H and O–H groups in total. The molecule has 0 spiro atoms. The molecule has 0 aliphatic carbocycles. The molecule has 0 aromatic heterocycles. The van der Waals surface area contributed by atoms with Crippen molar-refractivity contribution in [3.05, 3.63) is 0 Å². The van der Waals surface area contributed by atoms with E-state index in [1.165, 1.54) is 4.90 Å². The summed E-state index contributed by atoms with van der Waals surface area (Å²) in [6.07, 6.45) is 3.71. The van der Waals surface area contributed by atoms with Gasteiger partial charge < -0.3 is 4.90 Å². The summed E-state index contributed by atoms with van der Waals surface area (Å²) in [6, 6.07) is 0. The monoisotopic (exact) mass is 255 g/mol. The second-order valence-electron chi connectivity index (χ2n) is 3.20. The van der Waals surface area contributed by atoms with E-state index in [1.807, 2.05) is 0 Å². The summed E-state index contributed by atoms with van der Waals surface area (Å²) in [5, 5.41) is 0. The SMILES string of the molecule is O=C(N1CCCCCC1)C(F)(F)Br. The molecule has 1 fully saturated rings. The Morgan fingerprint density at radius 1 is 1.15 bits per heavy atom. The van der Waals surface area contributed by atoms with E-state index in [0.717, 1.165) is 25.7 Å². The average Bonchev–Trinajstić information content (AvgIpc) is 2.28. The van der Waals surface area contributed by atoms with Crippen LogP contribution in [0.5, 0.6) is 0 Å². The minimum absolute atomic E-state index is 0.458. The molecule has 0 aromatic carbocycles. The predicted octanol–water partition coefficient (Wildman–Crippen LogP) is 2.38. The van der Waals surface area contributed by atoms with Crippen molar-refractivity contribution in [2.75, 3.05) is 13.1 Å². The van der Waals surface area contributed by atoms with E-state index in [9.17, 15) is 13.6 Å². The molecule has 0 unspecified atom stereocenters. The van der Waals surface area contributed by atoms with Crippen LogP contribution in [0.2, 0.25) is 0 Å². The number of rotatable bonds is 1. The van der Waals surface area contributed by atoms with Gasteiger partial charge in [0.25, 0.3) is 0 Å². The molecule has 0 saturated carbocycles. The van der Waals surface area contributed by atoms with Crippen LogP contribution in [0.3, 0.4) is 0 Å². The lowest BCUT2D eigenvalue weighted by Gasteiger charge is -2.22. The number of nitrogens with zero attached hydrogens (tertiary/aromatic N) is 1. The molecule has 5 heteroatoms. The molecule has 1 amide bonds. The van der Waals surface area contributed by atoms with Crippen molar-refractivity contribution >= 4 is 21.8 Å². The van der Waals surface area contributed by atoms with Gasteiger partial charge in [0, 0.05) is 29.0 Å². The average molecular weight is 256 g/mol. The predicted molar refractivity (Wildman–Crippen MR) is 48.9 cm³/mol. The second kappa shape index (κ2) is 4.35. The number of amides is 1. The highest BCUT2D eigenvalue weighted by Gasteiger charge is 2.38. The Labute approximate surface area is 84.4 Å². The maximum absolute atomic E-state index is 12.6. The zero-order valence-corrected chi connectivity index (χ0v) is 8.82. The molecule has 0 bridgehead atoms. The van der Waals surface area contributed by atoms with Crippen LogP contribution < -0.4 is 0 Å². The zero-order chi connectivity index (χ0) is 9.90. The third-order valence-electron chi connectivity index (χ3n) is 2.14. The van der Waals surface area contributed by atoms with E-state index >= 15 is 0 Å². The van der Waals surface area contributed by atoms with E-state index < -0.39 is 10.7 Å². The highest BCUT2D eigenvalue weighted by atomic mass is 79.9. The molecule has 0 aromatic rings. The summed E-state index contributed by atoms with van der Waals surface area (Å²) in [4.78, 5) is 8.95. The largest absolute Gasteiger partial charge is 0.377 e. The normalized spacial score (nSPS) is 19.8. The van der Waals surface area contributed by atoms with E-state index in [4.69, 9.17) is 0 Å². The molecule has 0 atom stereocenters. The quantitative estimate of drug-likeness (QED) is 0.659. The van der Waals surface area contributed by atoms with Crippen LogP contribution in [0, 0.1) is 0 Å². The summed E-state index contributed by atoms with van der Waals surface area (Å²) in [6.45, 7) is 0.917. The minimum atomic E-state index is -3.39. The fourth-order valence-corrected chi connectivity index (χ4v) is 1.70. The van der Waals surface area contributed by atoms with Crippen LogP contribution in [0.1, 0.15) is 25.7 Å². The maximum Gasteiger partial charge on any atom is 0.377 e. The third-order valence-corrected chi connectivity index (χ3v) is 2.47. The first-order valence-electron chi connectivity index (χ1n) is 4.38. The lowest BCUT2D eigenvalue weighted by atomic mass is 10.2. The number of hydrogen-bond donors (Lipinski definition) is 0. The summed E-state index contributed by atoms with van der Waals surface area (Å²) < 4.78 is 25.1. The molecule has 13 heavy (non-hydrogen) atoms. The molecule has 1 rings (SSSR count). The van der Waals surface area contributed by atoms with Crippen molar-refractivity contribution in [3.63, 3.8) is 0 Å². The molecule has 1 heterocycles. The molecule has 1 aliphatic rings. The van der Waals surface area contributed by atoms with Crippen LogP contribution in [0.4, 0.5) is 8.78 Å². The van der Waals surface area contributed by atoms with E-state index in [0.29, 0.717) is 13.1 Å². The van der Waals surface area contributed by atoms with Crippen LogP contribution in [0.15, 0.2) is 0 Å². The first-order chi connectivity index (χ1) is 6.02. The first kappa shape index (κ1) is 10.9. The Bertz CT molecular complexity index is 185. The number of likely N-dealkylation sites (tertiary alicyclic amines) is 1. The standard InChI is InChI=1S/C8H12BrF2NO/c9-8(10,11)7(13)12-5-3-1-2-4-6-12/h1-6H2. The van der Waals surface area contributed by atoms with Crippen molar-refractivity contribution < 1.29 is 13.6 Å². The van der Waals surface area contributed by atoms with Crippen molar-refractivity contribution in [1.29, 1.82) is 0 Å². The highest BCUT2D eigenvalue weighted by Crippen LogP contribution is 2.25. The molecule has 0 radical (unpaired) electrons. The fourth-order valence-electron chi connectivity index (χ4n) is 1.45. The Balaban J connectivity index is 2.54. The number of halogens is 3. The van der Waals surface area contributed by atoms with Gasteiger partial charge in [0.15, 0.2) is 0 Å². The van der Waals surface area contributed by atoms with Gasteiger partial charge in [0.2, 0.25) is 0 Å². The number of hydrogen-bond acceptors (Lipinski definition) is 1. The van der Waals surface area contributed by atoms with E-state index in [1.54, 1.807) is 0 Å². The first-order valence-corrected chi connectivity index (χ1v) is 5.17. The highest BCUT2D eigenvalue weighted by molar-refractivity contribution is 9.10. The third kappa shape index (κ3) is 3.21. The summed E-state index contributed by atoms with van der Waals surface area (Å²) in [5.74, 6) is -1.10. The van der Waals surface area contributed by atoms with Crippen molar-refractivity contribution in [2.24, 2.45) is 0 Å². The number of alkyl halides is 3. The Hall–Kier alpha value is -0.190. The van der Waals surface area contributed by atoms with Crippen LogP contribution in [-0.2, 0) is 4.79 Å². The topological polar surface area (TPSA) is 20.3 Å². The molecule has 2 nitrogen and oxygen atoms in total. The van der Waals surface area contributed by atoms with Gasteiger partial charge in [-0.05, 0) is 12.8 Å². The van der Waals surface area contributed by atoms with Gasteiger partial charge in [0.05, 0.1) is 0 Å². The van der Waals surface area contributed by atoms with Crippen molar-refractivity contribution in [1.82, 2.24) is 4.90 Å². The molecule has 1 saturated heterocycles. The minimum Gasteiger partial charge on any atom is -0.337 e. The van der Waals surface area contributed by atoms with Gasteiger partial charge in [-0.1, -0.05) is 12.8 Å². The lowest BCUT2D eigenvalue weighted by molar-refractivity contribution is -0.145. The molecular formula is C8H12BrF2NO. The van der Waals surface area contributed by atoms with Crippen molar-refractivity contribution in [2.45, 2.75) is 30.5 Å². The Morgan fingerprint density at radius 3 is 2.00 bits per heavy atom. The van der Waals surface area contributed by atoms with E-state index in [-0.39, 0.29) is 0 Å². The maximum atomic E-state index is 12.6. The number of carbonyl (C=O) groups excluding carboxylic acids is 1. The molecular weight excluding hydrogens is 244 g/mol. The smallest absolute Gasteiger partial charge is 0.337 e. The van der Waals surface area contributed by atoms with Gasteiger partial charge in [-0.25, -0.2) is 0 Å². The van der Waals surface area contributed by atoms with Crippen LogP contribution >= 0.6 is 15.9 Å². The van der Waals surface area contributed by atoms with E-state index in [2.05, 4.69) is 15.9 Å². The zero-order valence-electron chi connectivity index (χ0n) is 7.23.